The number of benzene rings is 3. The van der Waals surface area contributed by atoms with Crippen molar-refractivity contribution in [3.63, 3.8) is 0 Å². The van der Waals surface area contributed by atoms with Crippen molar-refractivity contribution in [2.24, 2.45) is 5.92 Å². The summed E-state index contributed by atoms with van der Waals surface area (Å²) in [6, 6.07) is 18.9. The molecule has 1 aliphatic heterocycles. The number of aliphatic carboxylic acids is 1. The van der Waals surface area contributed by atoms with E-state index in [1.807, 2.05) is 55.5 Å². The van der Waals surface area contributed by atoms with E-state index in [0.29, 0.717) is 12.8 Å². The molecule has 8 nitrogen and oxygen atoms in total. The Labute approximate surface area is 233 Å². The zero-order valence-electron chi connectivity index (χ0n) is 21.8. The lowest BCUT2D eigenvalue weighted by Crippen LogP contribution is -2.50. The smallest absolute Gasteiger partial charge is 0.326 e. The van der Waals surface area contributed by atoms with E-state index in [1.54, 1.807) is 0 Å². The molecular weight excluding hydrogens is 540 g/mol. The molecule has 1 aliphatic rings. The van der Waals surface area contributed by atoms with Gasteiger partial charge in [-0.25, -0.2) is 13.2 Å². The molecule has 1 saturated heterocycles. The van der Waals surface area contributed by atoms with Crippen molar-refractivity contribution in [2.45, 2.75) is 37.1 Å². The Kier molecular flexibility index (Phi) is 8.94. The standard InChI is InChI=1S/C29H31ClN2O6S/c1-19-5-9-21(10-6-19)22-11-7-20(8-12-22)16-25(29(34)35)31-28(33)23-4-3-15-32(18-23)39(36,37)27-17-24(30)13-14-26(27)38-2/h5-14,17,23,25H,3-4,15-16,18H2,1-2H3,(H,31,33)(H,34,35)/t23?,25-/m0/s1. The molecule has 3 aromatic rings. The zero-order chi connectivity index (χ0) is 28.2. The number of hydrogen-bond acceptors (Lipinski definition) is 5. The molecule has 0 spiro atoms. The SMILES string of the molecule is COc1ccc(Cl)cc1S(=O)(=O)N1CCCC(C(=O)N[C@@H](Cc2ccc(-c3ccc(C)cc3)cc2)C(=O)O)C1. The highest BCUT2D eigenvalue weighted by Gasteiger charge is 2.36. The topological polar surface area (TPSA) is 113 Å². The van der Waals surface area contributed by atoms with Gasteiger partial charge in [0.2, 0.25) is 15.9 Å². The minimum atomic E-state index is -3.99. The van der Waals surface area contributed by atoms with Gasteiger partial charge in [-0.3, -0.25) is 4.79 Å². The highest BCUT2D eigenvalue weighted by atomic mass is 35.5. The van der Waals surface area contributed by atoms with Crippen LogP contribution in [0.5, 0.6) is 5.75 Å². The molecule has 39 heavy (non-hydrogen) atoms. The van der Waals surface area contributed by atoms with Crippen LogP contribution in [0.4, 0.5) is 0 Å². The van der Waals surface area contributed by atoms with E-state index >= 15 is 0 Å². The number of rotatable bonds is 9. The predicted molar refractivity (Wildman–Crippen MR) is 149 cm³/mol. The number of nitrogens with one attached hydrogen (secondary N) is 1. The van der Waals surface area contributed by atoms with Crippen LogP contribution in [0.1, 0.15) is 24.0 Å². The number of amides is 1. The lowest BCUT2D eigenvalue weighted by molar-refractivity contribution is -0.142. The maximum Gasteiger partial charge on any atom is 0.326 e. The number of carboxylic acids is 1. The molecule has 1 fully saturated rings. The number of methoxy groups -OCH3 is 1. The number of ether oxygens (including phenoxy) is 1. The summed E-state index contributed by atoms with van der Waals surface area (Å²) in [5.41, 5.74) is 4.00. The first-order chi connectivity index (χ1) is 18.6. The van der Waals surface area contributed by atoms with Crippen LogP contribution in [-0.2, 0) is 26.0 Å². The average Bonchev–Trinajstić information content (AvgIpc) is 2.93. The fourth-order valence-electron chi connectivity index (χ4n) is 4.67. The summed E-state index contributed by atoms with van der Waals surface area (Å²) in [6.07, 6.45) is 1.00. The number of sulfonamides is 1. The lowest BCUT2D eigenvalue weighted by Gasteiger charge is -2.32. The third kappa shape index (κ3) is 6.79. The third-order valence-electron chi connectivity index (χ3n) is 6.89. The van der Waals surface area contributed by atoms with Gasteiger partial charge in [0, 0.05) is 24.5 Å². The van der Waals surface area contributed by atoms with Gasteiger partial charge in [-0.05, 0) is 54.7 Å². The predicted octanol–water partition coefficient (Wildman–Crippen LogP) is 4.54. The molecule has 2 N–H and O–H groups in total. The Balaban J connectivity index is 1.43. The molecule has 3 aromatic carbocycles. The number of carboxylic acid groups (broad SMARTS) is 1. The van der Waals surface area contributed by atoms with E-state index < -0.39 is 33.9 Å². The Morgan fingerprint density at radius 1 is 1.08 bits per heavy atom. The Morgan fingerprint density at radius 2 is 1.72 bits per heavy atom. The molecule has 1 heterocycles. The van der Waals surface area contributed by atoms with Crippen molar-refractivity contribution in [3.8, 4) is 16.9 Å². The first kappa shape index (κ1) is 28.6. The van der Waals surface area contributed by atoms with Crippen molar-refractivity contribution < 1.29 is 27.9 Å². The Morgan fingerprint density at radius 3 is 2.33 bits per heavy atom. The number of carbonyl (C=O) groups is 2. The van der Waals surface area contributed by atoms with E-state index in [-0.39, 0.29) is 35.2 Å². The molecule has 0 saturated carbocycles. The van der Waals surface area contributed by atoms with E-state index in [1.165, 1.54) is 35.2 Å². The monoisotopic (exact) mass is 570 g/mol. The number of piperidine rings is 1. The summed E-state index contributed by atoms with van der Waals surface area (Å²) in [5, 5.41) is 12.7. The van der Waals surface area contributed by atoms with E-state index in [9.17, 15) is 23.1 Å². The second-order valence-corrected chi connectivity index (χ2v) is 12.0. The van der Waals surface area contributed by atoms with Gasteiger partial charge in [0.05, 0.1) is 13.0 Å². The summed E-state index contributed by atoms with van der Waals surface area (Å²) >= 11 is 6.04. The molecule has 10 heteroatoms. The minimum Gasteiger partial charge on any atom is -0.495 e. The molecule has 1 amide bonds. The normalized spacial score (nSPS) is 16.8. The third-order valence-corrected chi connectivity index (χ3v) is 9.01. The largest absolute Gasteiger partial charge is 0.495 e. The molecule has 0 bridgehead atoms. The number of nitrogens with zero attached hydrogens (tertiary/aromatic N) is 1. The highest BCUT2D eigenvalue weighted by Crippen LogP contribution is 2.32. The fourth-order valence-corrected chi connectivity index (χ4v) is 6.61. The van der Waals surface area contributed by atoms with Crippen molar-refractivity contribution in [1.82, 2.24) is 9.62 Å². The second-order valence-electron chi connectivity index (χ2n) is 9.66. The van der Waals surface area contributed by atoms with E-state index in [4.69, 9.17) is 16.3 Å². The molecule has 206 valence electrons. The summed E-state index contributed by atoms with van der Waals surface area (Å²) in [5.74, 6) is -2.18. The number of hydrogen-bond donors (Lipinski definition) is 2. The molecule has 1 unspecified atom stereocenters. The van der Waals surface area contributed by atoms with Crippen molar-refractivity contribution in [1.29, 1.82) is 0 Å². The summed E-state index contributed by atoms with van der Waals surface area (Å²) in [7, 11) is -2.62. The van der Waals surface area contributed by atoms with Gasteiger partial charge in [0.1, 0.15) is 16.7 Å². The second kappa shape index (κ2) is 12.2. The van der Waals surface area contributed by atoms with Crippen molar-refractivity contribution in [3.05, 3.63) is 82.9 Å². The molecule has 0 aliphatic carbocycles. The number of aryl methyl sites for hydroxylation is 1. The lowest BCUT2D eigenvalue weighted by atomic mass is 9.97. The zero-order valence-corrected chi connectivity index (χ0v) is 23.3. The number of carbonyl (C=O) groups excluding carboxylic acids is 1. The van der Waals surface area contributed by atoms with Crippen molar-refractivity contribution >= 4 is 33.5 Å². The van der Waals surface area contributed by atoms with Crippen LogP contribution >= 0.6 is 11.6 Å². The first-order valence-electron chi connectivity index (χ1n) is 12.6. The van der Waals surface area contributed by atoms with Gasteiger partial charge in [0.15, 0.2) is 0 Å². The average molecular weight is 571 g/mol. The maximum absolute atomic E-state index is 13.4. The maximum atomic E-state index is 13.4. The summed E-state index contributed by atoms with van der Waals surface area (Å²) in [4.78, 5) is 25.0. The van der Waals surface area contributed by atoms with Crippen LogP contribution in [0.2, 0.25) is 5.02 Å². The molecule has 4 rings (SSSR count). The van der Waals surface area contributed by atoms with Crippen LogP contribution in [0, 0.1) is 12.8 Å². The van der Waals surface area contributed by atoms with Gasteiger partial charge in [0.25, 0.3) is 0 Å². The van der Waals surface area contributed by atoms with Gasteiger partial charge in [-0.2, -0.15) is 4.31 Å². The van der Waals surface area contributed by atoms with Gasteiger partial charge in [-0.15, -0.1) is 0 Å². The first-order valence-corrected chi connectivity index (χ1v) is 14.4. The molecule has 0 aromatic heterocycles. The summed E-state index contributed by atoms with van der Waals surface area (Å²) < 4.78 is 33.2. The Hall–Kier alpha value is -3.40. The summed E-state index contributed by atoms with van der Waals surface area (Å²) in [6.45, 7) is 2.19. The molecule has 2 atom stereocenters. The van der Waals surface area contributed by atoms with Crippen LogP contribution < -0.4 is 10.1 Å². The molecule has 0 radical (unpaired) electrons. The van der Waals surface area contributed by atoms with Gasteiger partial charge < -0.3 is 15.2 Å². The Bertz CT molecular complexity index is 1440. The highest BCUT2D eigenvalue weighted by molar-refractivity contribution is 7.89. The minimum absolute atomic E-state index is 0.0680. The van der Waals surface area contributed by atoms with Crippen LogP contribution in [0.3, 0.4) is 0 Å². The fraction of sp³-hybridized carbons (Fsp3) is 0.310. The van der Waals surface area contributed by atoms with Gasteiger partial charge >= 0.3 is 5.97 Å². The van der Waals surface area contributed by atoms with E-state index in [2.05, 4.69) is 5.32 Å². The molecular formula is C29H31ClN2O6S. The van der Waals surface area contributed by atoms with Crippen LogP contribution in [0.25, 0.3) is 11.1 Å². The van der Waals surface area contributed by atoms with Crippen molar-refractivity contribution in [2.75, 3.05) is 20.2 Å². The van der Waals surface area contributed by atoms with E-state index in [0.717, 1.165) is 16.7 Å². The van der Waals surface area contributed by atoms with Crippen LogP contribution in [-0.4, -0.2) is 55.9 Å². The number of halogens is 1. The quantitative estimate of drug-likeness (QED) is 0.391. The van der Waals surface area contributed by atoms with Gasteiger partial charge in [-0.1, -0.05) is 65.7 Å². The van der Waals surface area contributed by atoms with Crippen LogP contribution in [0.15, 0.2) is 71.6 Å².